The minimum atomic E-state index is -0.0448. The fraction of sp³-hybridized carbons (Fsp3) is 0.417. The highest BCUT2D eigenvalue weighted by Crippen LogP contribution is 2.18. The summed E-state index contributed by atoms with van der Waals surface area (Å²) in [5.41, 5.74) is 4.26. The van der Waals surface area contributed by atoms with Crippen LogP contribution in [0.15, 0.2) is 42.5 Å². The summed E-state index contributed by atoms with van der Waals surface area (Å²) in [5.74, 6) is 1.13. The maximum Gasteiger partial charge on any atom is 0.260 e. The molecule has 1 aliphatic rings. The van der Waals surface area contributed by atoms with Crippen molar-refractivity contribution in [2.45, 2.75) is 33.6 Å². The van der Waals surface area contributed by atoms with Crippen LogP contribution in [0.1, 0.15) is 46.8 Å². The minimum Gasteiger partial charge on any atom is -0.484 e. The van der Waals surface area contributed by atoms with Crippen LogP contribution < -0.4 is 4.74 Å². The molecule has 0 unspecified atom stereocenters. The predicted octanol–water partition coefficient (Wildman–Crippen LogP) is 3.79. The van der Waals surface area contributed by atoms with Crippen LogP contribution >= 0.6 is 0 Å². The van der Waals surface area contributed by atoms with Crippen molar-refractivity contribution in [3.8, 4) is 5.75 Å². The maximum absolute atomic E-state index is 12.7. The lowest BCUT2D eigenvalue weighted by molar-refractivity contribution is -0.134. The summed E-state index contributed by atoms with van der Waals surface area (Å²) >= 11 is 0. The number of ether oxygens (including phenoxy) is 1. The summed E-state index contributed by atoms with van der Waals surface area (Å²) < 4.78 is 5.66. The normalized spacial score (nSPS) is 14.2. The summed E-state index contributed by atoms with van der Waals surface area (Å²) in [7, 11) is 0. The zero-order chi connectivity index (χ0) is 21.0. The average Bonchev–Trinajstić information content (AvgIpc) is 2.74. The molecule has 0 atom stereocenters. The number of nitrogens with zero attached hydrogens (tertiary/aromatic N) is 2. The molecule has 29 heavy (non-hydrogen) atoms. The Labute approximate surface area is 173 Å². The Hall–Kier alpha value is -2.82. The van der Waals surface area contributed by atoms with Gasteiger partial charge in [0.1, 0.15) is 5.75 Å². The van der Waals surface area contributed by atoms with E-state index in [1.165, 1.54) is 11.1 Å². The zero-order valence-electron chi connectivity index (χ0n) is 17.8. The van der Waals surface area contributed by atoms with Crippen LogP contribution in [-0.2, 0) is 4.79 Å². The van der Waals surface area contributed by atoms with Gasteiger partial charge in [-0.15, -0.1) is 0 Å². The quantitative estimate of drug-likeness (QED) is 0.775. The Morgan fingerprint density at radius 2 is 1.52 bits per heavy atom. The highest BCUT2D eigenvalue weighted by Gasteiger charge is 2.25. The molecule has 5 heteroatoms. The second kappa shape index (κ2) is 9.12. The first kappa shape index (κ1) is 20.9. The van der Waals surface area contributed by atoms with E-state index in [4.69, 9.17) is 4.74 Å². The van der Waals surface area contributed by atoms with E-state index in [0.717, 1.165) is 5.56 Å². The average molecular weight is 395 g/mol. The summed E-state index contributed by atoms with van der Waals surface area (Å²) in [6.07, 6.45) is 0. The third-order valence-electron chi connectivity index (χ3n) is 5.58. The number of hydrogen-bond acceptors (Lipinski definition) is 3. The van der Waals surface area contributed by atoms with Gasteiger partial charge in [-0.3, -0.25) is 9.59 Å². The van der Waals surface area contributed by atoms with E-state index < -0.39 is 0 Å². The van der Waals surface area contributed by atoms with E-state index in [1.807, 2.05) is 61.2 Å². The van der Waals surface area contributed by atoms with Gasteiger partial charge < -0.3 is 14.5 Å². The second-order valence-corrected chi connectivity index (χ2v) is 7.98. The molecule has 0 bridgehead atoms. The molecule has 0 N–H and O–H groups in total. The number of benzene rings is 2. The van der Waals surface area contributed by atoms with Gasteiger partial charge in [-0.05, 0) is 60.7 Å². The van der Waals surface area contributed by atoms with Gasteiger partial charge in [0.25, 0.3) is 11.8 Å². The number of carbonyl (C=O) groups excluding carboxylic acids is 2. The molecule has 0 aromatic heterocycles. The lowest BCUT2D eigenvalue weighted by Crippen LogP contribution is -2.51. The first-order chi connectivity index (χ1) is 13.8. The van der Waals surface area contributed by atoms with Crippen LogP contribution in [0.5, 0.6) is 5.75 Å². The molecular formula is C24H30N2O3. The fourth-order valence-corrected chi connectivity index (χ4v) is 3.39. The van der Waals surface area contributed by atoms with Crippen LogP contribution in [0.3, 0.4) is 0 Å². The molecule has 154 valence electrons. The maximum atomic E-state index is 12.7. The summed E-state index contributed by atoms with van der Waals surface area (Å²) in [6.45, 7) is 10.5. The molecule has 1 aliphatic heterocycles. The topological polar surface area (TPSA) is 49.9 Å². The third-order valence-corrected chi connectivity index (χ3v) is 5.58. The molecule has 1 heterocycles. The van der Waals surface area contributed by atoms with Crippen LogP contribution in [0, 0.1) is 13.8 Å². The van der Waals surface area contributed by atoms with Gasteiger partial charge in [0, 0.05) is 31.7 Å². The fourth-order valence-electron chi connectivity index (χ4n) is 3.39. The number of aryl methyl sites for hydroxylation is 2. The smallest absolute Gasteiger partial charge is 0.260 e. The van der Waals surface area contributed by atoms with Crippen LogP contribution in [0.25, 0.3) is 0 Å². The van der Waals surface area contributed by atoms with Crippen molar-refractivity contribution in [2.75, 3.05) is 32.8 Å². The summed E-state index contributed by atoms with van der Waals surface area (Å²) in [6, 6.07) is 13.6. The lowest BCUT2D eigenvalue weighted by atomic mass is 10.0. The van der Waals surface area contributed by atoms with E-state index in [0.29, 0.717) is 43.4 Å². The van der Waals surface area contributed by atoms with Crippen LogP contribution in [0.2, 0.25) is 0 Å². The Balaban J connectivity index is 1.49. The lowest BCUT2D eigenvalue weighted by Gasteiger charge is -2.34. The third kappa shape index (κ3) is 5.17. The largest absolute Gasteiger partial charge is 0.484 e. The van der Waals surface area contributed by atoms with E-state index in [9.17, 15) is 9.59 Å². The van der Waals surface area contributed by atoms with Crippen LogP contribution in [-0.4, -0.2) is 54.4 Å². The second-order valence-electron chi connectivity index (χ2n) is 7.98. The Morgan fingerprint density at radius 3 is 2.10 bits per heavy atom. The molecule has 2 aromatic carbocycles. The number of piperazine rings is 1. The highest BCUT2D eigenvalue weighted by atomic mass is 16.5. The van der Waals surface area contributed by atoms with E-state index >= 15 is 0 Å². The van der Waals surface area contributed by atoms with Gasteiger partial charge in [0.2, 0.25) is 0 Å². The van der Waals surface area contributed by atoms with Crippen molar-refractivity contribution in [3.63, 3.8) is 0 Å². The Bertz CT molecular complexity index is 866. The molecule has 0 aliphatic carbocycles. The number of rotatable bonds is 5. The molecule has 1 saturated heterocycles. The van der Waals surface area contributed by atoms with E-state index in [-0.39, 0.29) is 18.4 Å². The molecule has 0 spiro atoms. The van der Waals surface area contributed by atoms with Crippen molar-refractivity contribution in [3.05, 3.63) is 64.7 Å². The Kier molecular flexibility index (Phi) is 6.57. The van der Waals surface area contributed by atoms with Gasteiger partial charge in [0.15, 0.2) is 6.61 Å². The first-order valence-electron chi connectivity index (χ1n) is 10.2. The monoisotopic (exact) mass is 394 g/mol. The summed E-state index contributed by atoms with van der Waals surface area (Å²) in [5, 5.41) is 0. The van der Waals surface area contributed by atoms with Crippen molar-refractivity contribution in [2.24, 2.45) is 0 Å². The predicted molar refractivity (Wildman–Crippen MR) is 114 cm³/mol. The number of carbonyl (C=O) groups is 2. The van der Waals surface area contributed by atoms with Crippen LogP contribution in [0.4, 0.5) is 0 Å². The van der Waals surface area contributed by atoms with E-state index in [1.54, 1.807) is 4.90 Å². The SMILES string of the molecule is Cc1ccc(OCC(=O)N2CCN(C(=O)c3ccc(C(C)C)cc3)CC2)cc1C. The molecule has 2 aromatic rings. The minimum absolute atomic E-state index is 0.0209. The molecule has 1 fully saturated rings. The van der Waals surface area contributed by atoms with Gasteiger partial charge in [-0.25, -0.2) is 0 Å². The number of amides is 2. The van der Waals surface area contributed by atoms with Crippen molar-refractivity contribution < 1.29 is 14.3 Å². The van der Waals surface area contributed by atoms with E-state index in [2.05, 4.69) is 13.8 Å². The van der Waals surface area contributed by atoms with Gasteiger partial charge in [-0.2, -0.15) is 0 Å². The van der Waals surface area contributed by atoms with Crippen molar-refractivity contribution in [1.82, 2.24) is 9.80 Å². The van der Waals surface area contributed by atoms with Gasteiger partial charge >= 0.3 is 0 Å². The van der Waals surface area contributed by atoms with Crippen molar-refractivity contribution in [1.29, 1.82) is 0 Å². The molecular weight excluding hydrogens is 364 g/mol. The number of hydrogen-bond donors (Lipinski definition) is 0. The highest BCUT2D eigenvalue weighted by molar-refractivity contribution is 5.94. The molecule has 3 rings (SSSR count). The zero-order valence-corrected chi connectivity index (χ0v) is 17.8. The van der Waals surface area contributed by atoms with Gasteiger partial charge in [0.05, 0.1) is 0 Å². The first-order valence-corrected chi connectivity index (χ1v) is 10.2. The van der Waals surface area contributed by atoms with Gasteiger partial charge in [-0.1, -0.05) is 32.0 Å². The summed E-state index contributed by atoms with van der Waals surface area (Å²) in [4.78, 5) is 28.8. The Morgan fingerprint density at radius 1 is 0.897 bits per heavy atom. The molecule has 2 amide bonds. The molecule has 0 radical (unpaired) electrons. The molecule has 5 nitrogen and oxygen atoms in total. The van der Waals surface area contributed by atoms with Crippen molar-refractivity contribution >= 4 is 11.8 Å². The standard InChI is InChI=1S/C24H30N2O3/c1-17(2)20-6-8-21(9-7-20)24(28)26-13-11-25(12-14-26)23(27)16-29-22-10-5-18(3)19(4)15-22/h5-10,15,17H,11-14,16H2,1-4H3. The molecule has 0 saturated carbocycles.